The second kappa shape index (κ2) is 10.1. The van der Waals surface area contributed by atoms with Gasteiger partial charge in [-0.05, 0) is 48.9 Å². The highest BCUT2D eigenvalue weighted by molar-refractivity contribution is 5.60. The molecule has 34 heavy (non-hydrogen) atoms. The Bertz CT molecular complexity index is 1130. The van der Waals surface area contributed by atoms with Crippen LogP contribution in [0.5, 0.6) is 5.75 Å². The Morgan fingerprint density at radius 1 is 1.06 bits per heavy atom. The number of alkyl halides is 3. The van der Waals surface area contributed by atoms with Crippen LogP contribution in [-0.2, 0) is 25.7 Å². The Morgan fingerprint density at radius 3 is 2.53 bits per heavy atom. The number of aliphatic hydroxyl groups excluding tert-OH is 1. The molecule has 0 saturated heterocycles. The van der Waals surface area contributed by atoms with Crippen molar-refractivity contribution >= 4 is 0 Å². The molecule has 0 bridgehead atoms. The van der Waals surface area contributed by atoms with Gasteiger partial charge in [-0.25, -0.2) is 0 Å². The highest BCUT2D eigenvalue weighted by Gasteiger charge is 2.33. The molecule has 8 heteroatoms. The van der Waals surface area contributed by atoms with Crippen molar-refractivity contribution in [1.29, 1.82) is 0 Å². The quantitative estimate of drug-likeness (QED) is 0.488. The Labute approximate surface area is 196 Å². The fourth-order valence-corrected chi connectivity index (χ4v) is 4.13. The molecule has 180 valence electrons. The highest BCUT2D eigenvalue weighted by atomic mass is 19.4. The van der Waals surface area contributed by atoms with E-state index in [4.69, 9.17) is 19.9 Å². The first kappa shape index (κ1) is 24.2. The molecular formula is C26H27F3N2O3. The number of ether oxygens (including phenoxy) is 1. The van der Waals surface area contributed by atoms with Gasteiger partial charge in [0.05, 0.1) is 11.3 Å². The zero-order chi connectivity index (χ0) is 24.3. The lowest BCUT2D eigenvalue weighted by molar-refractivity contribution is -0.138. The number of aryl methyl sites for hydroxylation is 1. The van der Waals surface area contributed by atoms with Crippen molar-refractivity contribution in [2.24, 2.45) is 0 Å². The molecule has 1 aliphatic rings. The van der Waals surface area contributed by atoms with Crippen LogP contribution >= 0.6 is 0 Å². The van der Waals surface area contributed by atoms with E-state index in [9.17, 15) is 13.2 Å². The first-order chi connectivity index (χ1) is 16.2. The lowest BCUT2D eigenvalue weighted by atomic mass is 10.0. The molecule has 0 unspecified atom stereocenters. The number of aromatic nitrogens is 1. The minimum absolute atomic E-state index is 0.107. The summed E-state index contributed by atoms with van der Waals surface area (Å²) in [7, 11) is 0. The van der Waals surface area contributed by atoms with Gasteiger partial charge in [0.25, 0.3) is 0 Å². The third-order valence-corrected chi connectivity index (χ3v) is 5.94. The van der Waals surface area contributed by atoms with Crippen molar-refractivity contribution in [2.45, 2.75) is 45.4 Å². The van der Waals surface area contributed by atoms with Gasteiger partial charge in [-0.2, -0.15) is 13.2 Å². The minimum atomic E-state index is -4.43. The van der Waals surface area contributed by atoms with Gasteiger partial charge in [-0.15, -0.1) is 0 Å². The van der Waals surface area contributed by atoms with Crippen molar-refractivity contribution in [3.8, 4) is 17.0 Å². The van der Waals surface area contributed by atoms with Crippen molar-refractivity contribution in [3.05, 3.63) is 82.5 Å². The number of hydrogen-bond donors (Lipinski definition) is 2. The standard InChI is InChI=1S/C26H27F3N2O3/c1-17-2-8-22(26(27,28)29)20(14-17)16-34-21-6-3-18(4-7-21)23-9-5-19-15-31(13-11-25(32)33)12-10-24(19)30-23/h2-9,14,25,32-33H,10-13,15-16H2,1H3. The van der Waals surface area contributed by atoms with Crippen molar-refractivity contribution in [1.82, 2.24) is 9.88 Å². The van der Waals surface area contributed by atoms with E-state index in [1.165, 1.54) is 12.1 Å². The average molecular weight is 473 g/mol. The molecule has 0 radical (unpaired) electrons. The molecule has 0 atom stereocenters. The third-order valence-electron chi connectivity index (χ3n) is 5.94. The number of aliphatic hydroxyl groups is 2. The first-order valence-corrected chi connectivity index (χ1v) is 11.2. The summed E-state index contributed by atoms with van der Waals surface area (Å²) in [5.74, 6) is 0.484. The Morgan fingerprint density at radius 2 is 1.82 bits per heavy atom. The smallest absolute Gasteiger partial charge is 0.416 e. The van der Waals surface area contributed by atoms with Crippen LogP contribution in [-0.4, -0.2) is 39.5 Å². The van der Waals surface area contributed by atoms with Crippen LogP contribution in [0.3, 0.4) is 0 Å². The molecule has 0 spiro atoms. The molecule has 5 nitrogen and oxygen atoms in total. The van der Waals surface area contributed by atoms with Gasteiger partial charge in [0, 0.05) is 49.3 Å². The largest absolute Gasteiger partial charge is 0.489 e. The van der Waals surface area contributed by atoms with Gasteiger partial charge < -0.3 is 14.9 Å². The van der Waals surface area contributed by atoms with E-state index in [2.05, 4.69) is 4.90 Å². The summed E-state index contributed by atoms with van der Waals surface area (Å²) >= 11 is 0. The molecule has 1 aliphatic heterocycles. The second-order valence-corrected chi connectivity index (χ2v) is 8.57. The van der Waals surface area contributed by atoms with Crippen LogP contribution in [0, 0.1) is 6.92 Å². The fraction of sp³-hybridized carbons (Fsp3) is 0.346. The van der Waals surface area contributed by atoms with Gasteiger partial charge in [0.1, 0.15) is 12.4 Å². The number of halogens is 3. The summed E-state index contributed by atoms with van der Waals surface area (Å²) in [4.78, 5) is 6.97. The molecular weight excluding hydrogens is 445 g/mol. The van der Waals surface area contributed by atoms with Crippen LogP contribution in [0.15, 0.2) is 54.6 Å². The molecule has 0 fully saturated rings. The summed E-state index contributed by atoms with van der Waals surface area (Å²) in [5.41, 5.74) is 4.04. The maximum absolute atomic E-state index is 13.3. The summed E-state index contributed by atoms with van der Waals surface area (Å²) in [6.07, 6.45) is -4.62. The van der Waals surface area contributed by atoms with Crippen molar-refractivity contribution in [2.75, 3.05) is 13.1 Å². The first-order valence-electron chi connectivity index (χ1n) is 11.2. The van der Waals surface area contributed by atoms with Crippen LogP contribution in [0.2, 0.25) is 0 Å². The number of nitrogens with zero attached hydrogens (tertiary/aromatic N) is 2. The van der Waals surface area contributed by atoms with Crippen LogP contribution < -0.4 is 4.74 Å². The van der Waals surface area contributed by atoms with E-state index in [0.29, 0.717) is 18.7 Å². The topological polar surface area (TPSA) is 65.8 Å². The fourth-order valence-electron chi connectivity index (χ4n) is 4.13. The minimum Gasteiger partial charge on any atom is -0.489 e. The molecule has 2 heterocycles. The predicted octanol–water partition coefficient (Wildman–Crippen LogP) is 4.71. The maximum atomic E-state index is 13.3. The molecule has 2 aromatic carbocycles. The van der Waals surface area contributed by atoms with Gasteiger partial charge >= 0.3 is 6.18 Å². The number of rotatable bonds is 7. The van der Waals surface area contributed by atoms with Gasteiger partial charge in [-0.3, -0.25) is 9.88 Å². The summed E-state index contributed by atoms with van der Waals surface area (Å²) in [6.45, 7) is 3.73. The molecule has 3 aromatic rings. The average Bonchev–Trinajstić information content (AvgIpc) is 2.80. The number of fused-ring (bicyclic) bond motifs is 1. The van der Waals surface area contributed by atoms with E-state index >= 15 is 0 Å². The van der Waals surface area contributed by atoms with Gasteiger partial charge in [0.15, 0.2) is 6.29 Å². The number of hydrogen-bond acceptors (Lipinski definition) is 5. The molecule has 1 aromatic heterocycles. The van der Waals surface area contributed by atoms with Gasteiger partial charge in [-0.1, -0.05) is 23.8 Å². The number of pyridine rings is 1. The van der Waals surface area contributed by atoms with E-state index < -0.39 is 18.0 Å². The third kappa shape index (κ3) is 5.94. The zero-order valence-corrected chi connectivity index (χ0v) is 18.8. The molecule has 0 amide bonds. The molecule has 0 saturated carbocycles. The van der Waals surface area contributed by atoms with E-state index in [1.54, 1.807) is 19.1 Å². The Balaban J connectivity index is 1.42. The predicted molar refractivity (Wildman–Crippen MR) is 122 cm³/mol. The summed E-state index contributed by atoms with van der Waals surface area (Å²) < 4.78 is 45.5. The van der Waals surface area contributed by atoms with Crippen molar-refractivity contribution < 1.29 is 28.1 Å². The molecule has 0 aliphatic carbocycles. The maximum Gasteiger partial charge on any atom is 0.416 e. The van der Waals surface area contributed by atoms with E-state index in [-0.39, 0.29) is 12.2 Å². The molecule has 4 rings (SSSR count). The molecule has 2 N–H and O–H groups in total. The van der Waals surface area contributed by atoms with E-state index in [1.807, 2.05) is 24.3 Å². The summed E-state index contributed by atoms with van der Waals surface area (Å²) in [6, 6.07) is 15.2. The zero-order valence-electron chi connectivity index (χ0n) is 18.8. The highest BCUT2D eigenvalue weighted by Crippen LogP contribution is 2.33. The van der Waals surface area contributed by atoms with Gasteiger partial charge in [0.2, 0.25) is 0 Å². The van der Waals surface area contributed by atoms with Crippen LogP contribution in [0.1, 0.15) is 34.4 Å². The lowest BCUT2D eigenvalue weighted by Crippen LogP contribution is -2.33. The second-order valence-electron chi connectivity index (χ2n) is 8.57. The van der Waals surface area contributed by atoms with Crippen molar-refractivity contribution in [3.63, 3.8) is 0 Å². The van der Waals surface area contributed by atoms with E-state index in [0.717, 1.165) is 53.7 Å². The van der Waals surface area contributed by atoms with Crippen LogP contribution in [0.4, 0.5) is 13.2 Å². The lowest BCUT2D eigenvalue weighted by Gasteiger charge is -2.28. The van der Waals surface area contributed by atoms with Crippen LogP contribution in [0.25, 0.3) is 11.3 Å². The Kier molecular flexibility index (Phi) is 7.21. The Hall–Kier alpha value is -2.94. The number of benzene rings is 2. The SMILES string of the molecule is Cc1ccc(C(F)(F)F)c(COc2ccc(-c3ccc4c(n3)CCN(CCC(O)O)C4)cc2)c1. The summed E-state index contributed by atoms with van der Waals surface area (Å²) in [5, 5.41) is 18.1. The normalized spacial score (nSPS) is 14.3. The monoisotopic (exact) mass is 472 g/mol.